The van der Waals surface area contributed by atoms with Crippen LogP contribution in [0.4, 0.5) is 0 Å². The Labute approximate surface area is 60.0 Å². The van der Waals surface area contributed by atoms with Crippen LogP contribution in [0.5, 0.6) is 0 Å². The molecule has 9 heavy (non-hydrogen) atoms. The summed E-state index contributed by atoms with van der Waals surface area (Å²) in [4.78, 5) is 0. The van der Waals surface area contributed by atoms with Crippen molar-refractivity contribution >= 4 is 0 Å². The van der Waals surface area contributed by atoms with Crippen molar-refractivity contribution < 1.29 is 22.9 Å². The summed E-state index contributed by atoms with van der Waals surface area (Å²) in [5.74, 6) is 0.301. The standard InChI is InChI=1S/C5H8N2O.ClH/c1-7-4-5(8)2-3-6-7;/h2-4,6,8H,1H3;1H. The summed E-state index contributed by atoms with van der Waals surface area (Å²) >= 11 is 0. The summed E-state index contributed by atoms with van der Waals surface area (Å²) in [6.07, 6.45) is 5.06. The van der Waals surface area contributed by atoms with Crippen LogP contribution in [0.2, 0.25) is 0 Å². The van der Waals surface area contributed by atoms with Crippen molar-refractivity contribution in [3.8, 4) is 0 Å². The van der Waals surface area contributed by atoms with Crippen LogP contribution in [0.3, 0.4) is 0 Å². The van der Waals surface area contributed by atoms with Crippen LogP contribution >= 0.6 is 0 Å². The summed E-state index contributed by atoms with van der Waals surface area (Å²) in [7, 11) is 1.86. The van der Waals surface area contributed by atoms with Crippen LogP contribution in [0.15, 0.2) is 24.2 Å². The van der Waals surface area contributed by atoms with E-state index in [1.54, 1.807) is 23.5 Å². The minimum atomic E-state index is 0. The first kappa shape index (κ1) is 8.33. The van der Waals surface area contributed by atoms with Crippen LogP contribution in [0, 0.1) is 0 Å². The fourth-order valence-electron chi connectivity index (χ4n) is 0.572. The van der Waals surface area contributed by atoms with E-state index in [9.17, 15) is 0 Å². The third-order valence-electron chi connectivity index (χ3n) is 0.924. The fraction of sp³-hybridized carbons (Fsp3) is 0.200. The van der Waals surface area contributed by atoms with Crippen molar-refractivity contribution in [3.63, 3.8) is 0 Å². The fourth-order valence-corrected chi connectivity index (χ4v) is 0.572. The lowest BCUT2D eigenvalue weighted by molar-refractivity contribution is -0.734. The number of hydrogen-bond acceptors (Lipinski definition) is 2. The molecule has 0 radical (unpaired) electrons. The minimum absolute atomic E-state index is 0. The molecule has 0 unspecified atom stereocenters. The van der Waals surface area contributed by atoms with Gasteiger partial charge in [-0.1, -0.05) is 0 Å². The average Bonchev–Trinajstić information content (AvgIpc) is 1.64. The second-order valence-electron chi connectivity index (χ2n) is 1.73. The van der Waals surface area contributed by atoms with Gasteiger partial charge in [-0.15, -0.1) is 0 Å². The third-order valence-corrected chi connectivity index (χ3v) is 0.924. The van der Waals surface area contributed by atoms with E-state index in [2.05, 4.69) is 0 Å². The van der Waals surface area contributed by atoms with Gasteiger partial charge in [-0.05, 0) is 0 Å². The van der Waals surface area contributed by atoms with Gasteiger partial charge in [-0.2, -0.15) is 0 Å². The van der Waals surface area contributed by atoms with Gasteiger partial charge in [0.25, 0.3) is 0 Å². The number of nitrogens with zero attached hydrogens (tertiary/aromatic N) is 1. The Morgan fingerprint density at radius 2 is 2.33 bits per heavy atom. The highest BCUT2D eigenvalue weighted by Crippen LogP contribution is 1.90. The van der Waals surface area contributed by atoms with Crippen molar-refractivity contribution in [2.24, 2.45) is 0 Å². The quantitative estimate of drug-likeness (QED) is 0.348. The molecule has 3 nitrogen and oxygen atoms in total. The minimum Gasteiger partial charge on any atom is -1.00 e. The Kier molecular flexibility index (Phi) is 3.12. The molecule has 0 saturated heterocycles. The maximum atomic E-state index is 8.79. The molecule has 0 saturated carbocycles. The number of aliphatic hydroxyl groups excluding tert-OH is 1. The van der Waals surface area contributed by atoms with E-state index in [1.165, 1.54) is 0 Å². The monoisotopic (exact) mass is 148 g/mol. The molecule has 52 valence electrons. The first-order valence-corrected chi connectivity index (χ1v) is 2.43. The largest absolute Gasteiger partial charge is 1.00 e. The molecule has 3 N–H and O–H groups in total. The first-order chi connectivity index (χ1) is 3.79. The Balaban J connectivity index is 0.000000640. The molecule has 1 aliphatic heterocycles. The van der Waals surface area contributed by atoms with Crippen molar-refractivity contribution in [1.82, 2.24) is 5.01 Å². The molecule has 0 aliphatic carbocycles. The van der Waals surface area contributed by atoms with Crippen LogP contribution in [-0.2, 0) is 0 Å². The molecule has 0 spiro atoms. The van der Waals surface area contributed by atoms with Crippen molar-refractivity contribution in [3.05, 3.63) is 24.2 Å². The van der Waals surface area contributed by atoms with Gasteiger partial charge in [-0.25, -0.2) is 10.4 Å². The van der Waals surface area contributed by atoms with Crippen LogP contribution in [0.25, 0.3) is 0 Å². The summed E-state index contributed by atoms with van der Waals surface area (Å²) in [5.41, 5.74) is 1.86. The molecule has 0 atom stereocenters. The smallest absolute Gasteiger partial charge is 0.142 e. The highest BCUT2D eigenvalue weighted by molar-refractivity contribution is 5.07. The van der Waals surface area contributed by atoms with E-state index < -0.39 is 0 Å². The van der Waals surface area contributed by atoms with Gasteiger partial charge in [0.2, 0.25) is 0 Å². The Morgan fingerprint density at radius 3 is 2.67 bits per heavy atom. The van der Waals surface area contributed by atoms with E-state index in [4.69, 9.17) is 5.11 Å². The molecule has 0 aromatic heterocycles. The van der Waals surface area contributed by atoms with E-state index >= 15 is 0 Å². The third kappa shape index (κ3) is 2.39. The average molecular weight is 149 g/mol. The van der Waals surface area contributed by atoms with Gasteiger partial charge < -0.3 is 17.5 Å². The normalized spacial score (nSPS) is 16.6. The molecule has 4 heteroatoms. The number of nitrogens with two attached hydrogens (primary N) is 1. The zero-order valence-corrected chi connectivity index (χ0v) is 5.84. The molecular weight excluding hydrogens is 140 g/mol. The Hall–Kier alpha value is -0.670. The second kappa shape index (κ2) is 3.37. The van der Waals surface area contributed by atoms with Crippen LogP contribution in [-0.4, -0.2) is 17.2 Å². The molecule has 1 aliphatic rings. The molecule has 0 aromatic rings. The summed E-state index contributed by atoms with van der Waals surface area (Å²) in [6, 6.07) is 0. The lowest BCUT2D eigenvalue weighted by Gasteiger charge is -2.10. The maximum Gasteiger partial charge on any atom is 0.142 e. The van der Waals surface area contributed by atoms with Crippen LogP contribution < -0.4 is 17.8 Å². The number of halogens is 1. The van der Waals surface area contributed by atoms with Gasteiger partial charge in [0.1, 0.15) is 12.0 Å². The summed E-state index contributed by atoms with van der Waals surface area (Å²) < 4.78 is 0. The first-order valence-electron chi connectivity index (χ1n) is 2.43. The topological polar surface area (TPSA) is 40.1 Å². The van der Waals surface area contributed by atoms with Gasteiger partial charge >= 0.3 is 0 Å². The second-order valence-corrected chi connectivity index (χ2v) is 1.73. The predicted molar refractivity (Wildman–Crippen MR) is 29.5 cm³/mol. The van der Waals surface area contributed by atoms with E-state index in [-0.39, 0.29) is 12.4 Å². The van der Waals surface area contributed by atoms with E-state index in [0.29, 0.717) is 5.76 Å². The molecule has 0 aromatic carbocycles. The number of allylic oxidation sites excluding steroid dienone is 1. The van der Waals surface area contributed by atoms with Crippen molar-refractivity contribution in [2.45, 2.75) is 0 Å². The zero-order chi connectivity index (χ0) is 5.98. The molecule has 0 amide bonds. The molecule has 1 rings (SSSR count). The number of hydrogen-bond donors (Lipinski definition) is 2. The van der Waals surface area contributed by atoms with Gasteiger partial charge in [-0.3, -0.25) is 0 Å². The maximum absolute atomic E-state index is 8.79. The number of quaternary nitrogens is 1. The molecule has 1 heterocycles. The SMILES string of the molecule is CN1C=C(O)C=C[NH2+]1.[Cl-]. The van der Waals surface area contributed by atoms with E-state index in [0.717, 1.165) is 0 Å². The zero-order valence-electron chi connectivity index (χ0n) is 5.08. The lowest BCUT2D eigenvalue weighted by Crippen LogP contribution is -3.00. The van der Waals surface area contributed by atoms with Crippen molar-refractivity contribution in [2.75, 3.05) is 7.05 Å². The lowest BCUT2D eigenvalue weighted by atomic mass is 10.5. The highest BCUT2D eigenvalue weighted by atomic mass is 35.5. The van der Waals surface area contributed by atoms with Gasteiger partial charge in [0.05, 0.1) is 13.2 Å². The van der Waals surface area contributed by atoms with Crippen molar-refractivity contribution in [1.29, 1.82) is 0 Å². The molecule has 0 fully saturated rings. The Morgan fingerprint density at radius 1 is 1.67 bits per heavy atom. The highest BCUT2D eigenvalue weighted by Gasteiger charge is 1.98. The molecule has 0 bridgehead atoms. The summed E-state index contributed by atoms with van der Waals surface area (Å²) in [5, 5.41) is 10.6. The summed E-state index contributed by atoms with van der Waals surface area (Å²) in [6.45, 7) is 0. The van der Waals surface area contributed by atoms with Gasteiger partial charge in [0.15, 0.2) is 0 Å². The Bertz CT molecular complexity index is 144. The van der Waals surface area contributed by atoms with E-state index in [1.807, 2.05) is 12.5 Å². The molecular formula is C5H9ClN2O. The van der Waals surface area contributed by atoms with Gasteiger partial charge in [0, 0.05) is 6.08 Å². The number of rotatable bonds is 0. The van der Waals surface area contributed by atoms with Crippen LogP contribution in [0.1, 0.15) is 0 Å². The number of aliphatic hydroxyl groups is 1. The predicted octanol–water partition coefficient (Wildman–Crippen LogP) is -3.67.